The monoisotopic (exact) mass is 371 g/mol. The summed E-state index contributed by atoms with van der Waals surface area (Å²) < 4.78 is 11.7. The van der Waals surface area contributed by atoms with Crippen LogP contribution in [0.15, 0.2) is 78.9 Å². The van der Waals surface area contributed by atoms with Crippen LogP contribution in [0.3, 0.4) is 0 Å². The maximum absolute atomic E-state index is 11.0. The lowest BCUT2D eigenvalue weighted by Gasteiger charge is -2.09. The predicted octanol–water partition coefficient (Wildman–Crippen LogP) is 5.15. The number of amides is 1. The van der Waals surface area contributed by atoms with Crippen molar-refractivity contribution in [2.45, 2.75) is 19.9 Å². The molecule has 0 saturated carbocycles. The topological polar surface area (TPSA) is 47.6 Å². The Labute approximate surface area is 165 Å². The second-order valence-corrected chi connectivity index (χ2v) is 6.21. The molecule has 0 fully saturated rings. The summed E-state index contributed by atoms with van der Waals surface area (Å²) in [7, 11) is 0. The third-order valence-corrected chi connectivity index (χ3v) is 3.73. The Morgan fingerprint density at radius 1 is 0.821 bits per heavy atom. The van der Waals surface area contributed by atoms with E-state index in [9.17, 15) is 4.79 Å². The normalized spacial score (nSPS) is 10.9. The van der Waals surface area contributed by atoms with Gasteiger partial charge >= 0.3 is 0 Å². The van der Waals surface area contributed by atoms with E-state index in [1.165, 1.54) is 6.92 Å². The zero-order valence-corrected chi connectivity index (χ0v) is 15.8. The fraction of sp³-hybridized carbons (Fsp3) is 0.125. The summed E-state index contributed by atoms with van der Waals surface area (Å²) in [6, 6.07) is 24.4. The summed E-state index contributed by atoms with van der Waals surface area (Å²) >= 11 is 0. The van der Waals surface area contributed by atoms with Gasteiger partial charge in [0.15, 0.2) is 0 Å². The zero-order valence-electron chi connectivity index (χ0n) is 15.8. The molecule has 0 radical (unpaired) electrons. The highest BCUT2D eigenvalue weighted by Crippen LogP contribution is 2.28. The molecule has 1 unspecified atom stereocenters. The van der Waals surface area contributed by atoms with E-state index in [4.69, 9.17) is 9.47 Å². The molecule has 1 N–H and O–H groups in total. The maximum atomic E-state index is 11.0. The van der Waals surface area contributed by atoms with Crippen LogP contribution in [0.5, 0.6) is 23.0 Å². The number of hydrogen-bond donors (Lipinski definition) is 1. The second kappa shape index (κ2) is 9.29. The molecule has 0 spiro atoms. The van der Waals surface area contributed by atoms with Crippen molar-refractivity contribution in [3.8, 4) is 34.8 Å². The number of benzene rings is 3. The molecule has 3 aromatic carbocycles. The average Bonchev–Trinajstić information content (AvgIpc) is 2.68. The molecule has 1 amide bonds. The SMILES string of the molecule is CC(=O)NC(C)C#Cc1ccc(Oc2cccc(Oc3ccccc3)c2)cc1. The number of nitrogens with one attached hydrogen (secondary N) is 1. The van der Waals surface area contributed by atoms with Crippen LogP contribution in [-0.2, 0) is 4.79 Å². The van der Waals surface area contributed by atoms with E-state index < -0.39 is 0 Å². The van der Waals surface area contributed by atoms with Crippen LogP contribution in [-0.4, -0.2) is 11.9 Å². The molecular formula is C24H21NO3. The molecule has 3 aromatic rings. The van der Waals surface area contributed by atoms with E-state index in [0.717, 1.165) is 11.3 Å². The molecule has 0 aliphatic carbocycles. The first-order valence-electron chi connectivity index (χ1n) is 8.98. The van der Waals surface area contributed by atoms with E-state index in [0.29, 0.717) is 17.2 Å². The minimum absolute atomic E-state index is 0.0935. The highest BCUT2D eigenvalue weighted by Gasteiger charge is 2.02. The van der Waals surface area contributed by atoms with Gasteiger partial charge in [-0.15, -0.1) is 0 Å². The van der Waals surface area contributed by atoms with Gasteiger partial charge in [0.2, 0.25) is 5.91 Å². The molecule has 3 rings (SSSR count). The number of carbonyl (C=O) groups is 1. The molecule has 0 bridgehead atoms. The predicted molar refractivity (Wildman–Crippen MR) is 110 cm³/mol. The lowest BCUT2D eigenvalue weighted by Crippen LogP contribution is -2.28. The van der Waals surface area contributed by atoms with Crippen molar-refractivity contribution < 1.29 is 14.3 Å². The summed E-state index contributed by atoms with van der Waals surface area (Å²) in [5.74, 6) is 8.81. The van der Waals surface area contributed by atoms with Crippen LogP contribution in [0.4, 0.5) is 0 Å². The summed E-state index contributed by atoms with van der Waals surface area (Å²) in [5, 5.41) is 2.73. The number of rotatable bonds is 5. The van der Waals surface area contributed by atoms with Crippen molar-refractivity contribution in [1.82, 2.24) is 5.32 Å². The standard InChI is InChI=1S/C24H21NO3/c1-18(25-19(2)26)11-12-20-13-15-22(16-14-20)28-24-10-6-9-23(17-24)27-21-7-4-3-5-8-21/h3-10,13-18H,1-2H3,(H,25,26). The Bertz CT molecular complexity index is 986. The van der Waals surface area contributed by atoms with Crippen molar-refractivity contribution in [2.24, 2.45) is 0 Å². The third kappa shape index (κ3) is 5.93. The van der Waals surface area contributed by atoms with Crippen LogP contribution in [0.2, 0.25) is 0 Å². The second-order valence-electron chi connectivity index (χ2n) is 6.21. The lowest BCUT2D eigenvalue weighted by atomic mass is 10.2. The fourth-order valence-electron chi connectivity index (χ4n) is 2.50. The first-order valence-corrected chi connectivity index (χ1v) is 8.98. The summed E-state index contributed by atoms with van der Waals surface area (Å²) in [6.07, 6.45) is 0. The Balaban J connectivity index is 1.63. The van der Waals surface area contributed by atoms with Crippen LogP contribution < -0.4 is 14.8 Å². The molecule has 0 saturated heterocycles. The van der Waals surface area contributed by atoms with Gasteiger partial charge in [-0.05, 0) is 55.5 Å². The minimum Gasteiger partial charge on any atom is -0.457 e. The van der Waals surface area contributed by atoms with Crippen LogP contribution in [0.25, 0.3) is 0 Å². The van der Waals surface area contributed by atoms with Gasteiger partial charge in [-0.25, -0.2) is 0 Å². The van der Waals surface area contributed by atoms with E-state index >= 15 is 0 Å². The zero-order chi connectivity index (χ0) is 19.8. The van der Waals surface area contributed by atoms with Gasteiger partial charge in [0.1, 0.15) is 23.0 Å². The Kier molecular flexibility index (Phi) is 6.33. The van der Waals surface area contributed by atoms with E-state index in [1.54, 1.807) is 0 Å². The van der Waals surface area contributed by atoms with Gasteiger partial charge in [-0.1, -0.05) is 36.1 Å². The van der Waals surface area contributed by atoms with Crippen molar-refractivity contribution in [3.05, 3.63) is 84.4 Å². The molecular weight excluding hydrogens is 350 g/mol. The molecule has 4 nitrogen and oxygen atoms in total. The van der Waals surface area contributed by atoms with Gasteiger partial charge in [-0.2, -0.15) is 0 Å². The van der Waals surface area contributed by atoms with Crippen molar-refractivity contribution >= 4 is 5.91 Å². The Morgan fingerprint density at radius 3 is 2.00 bits per heavy atom. The number of carbonyl (C=O) groups excluding carboxylic acids is 1. The van der Waals surface area contributed by atoms with Crippen LogP contribution in [0, 0.1) is 11.8 Å². The molecule has 0 aliphatic heterocycles. The van der Waals surface area contributed by atoms with Gasteiger partial charge in [0.05, 0.1) is 6.04 Å². The smallest absolute Gasteiger partial charge is 0.217 e. The maximum Gasteiger partial charge on any atom is 0.217 e. The Morgan fingerprint density at radius 2 is 1.39 bits per heavy atom. The number of para-hydroxylation sites is 1. The highest BCUT2D eigenvalue weighted by molar-refractivity contribution is 5.73. The first-order chi connectivity index (χ1) is 13.6. The van der Waals surface area contributed by atoms with Crippen molar-refractivity contribution in [3.63, 3.8) is 0 Å². The summed E-state index contributed by atoms with van der Waals surface area (Å²) in [4.78, 5) is 11.0. The highest BCUT2D eigenvalue weighted by atomic mass is 16.5. The van der Waals surface area contributed by atoms with E-state index in [-0.39, 0.29) is 11.9 Å². The van der Waals surface area contributed by atoms with Gasteiger partial charge in [0.25, 0.3) is 0 Å². The molecule has 28 heavy (non-hydrogen) atoms. The van der Waals surface area contributed by atoms with Crippen molar-refractivity contribution in [1.29, 1.82) is 0 Å². The Hall–Kier alpha value is -3.71. The quantitative estimate of drug-likeness (QED) is 0.631. The van der Waals surface area contributed by atoms with Crippen molar-refractivity contribution in [2.75, 3.05) is 0 Å². The van der Waals surface area contributed by atoms with Gasteiger partial charge in [-0.3, -0.25) is 4.79 Å². The third-order valence-electron chi connectivity index (χ3n) is 3.73. The minimum atomic E-state index is -0.194. The van der Waals surface area contributed by atoms with Crippen LogP contribution in [0.1, 0.15) is 19.4 Å². The van der Waals surface area contributed by atoms with Gasteiger partial charge < -0.3 is 14.8 Å². The average molecular weight is 371 g/mol. The molecule has 0 heterocycles. The molecule has 1 atom stereocenters. The summed E-state index contributed by atoms with van der Waals surface area (Å²) in [5.41, 5.74) is 0.853. The van der Waals surface area contributed by atoms with E-state index in [2.05, 4.69) is 17.2 Å². The lowest BCUT2D eigenvalue weighted by molar-refractivity contribution is -0.119. The fourth-order valence-corrected chi connectivity index (χ4v) is 2.50. The molecule has 0 aliphatic rings. The number of ether oxygens (including phenoxy) is 2. The molecule has 140 valence electrons. The molecule has 4 heteroatoms. The first kappa shape index (κ1) is 19.1. The van der Waals surface area contributed by atoms with E-state index in [1.807, 2.05) is 85.8 Å². The van der Waals surface area contributed by atoms with Crippen LogP contribution >= 0.6 is 0 Å². The van der Waals surface area contributed by atoms with Gasteiger partial charge in [0, 0.05) is 18.6 Å². The summed E-state index contributed by atoms with van der Waals surface area (Å²) in [6.45, 7) is 3.32. The molecule has 0 aromatic heterocycles. The number of hydrogen-bond acceptors (Lipinski definition) is 3. The largest absolute Gasteiger partial charge is 0.457 e.